The number of anilines is 1. The van der Waals surface area contributed by atoms with Crippen molar-refractivity contribution in [2.24, 2.45) is 0 Å². The van der Waals surface area contributed by atoms with Crippen molar-refractivity contribution in [2.45, 2.75) is 6.10 Å². The van der Waals surface area contributed by atoms with Gasteiger partial charge in [-0.25, -0.2) is 4.79 Å². The molecule has 132 valence electrons. The fourth-order valence-corrected chi connectivity index (χ4v) is 2.57. The van der Waals surface area contributed by atoms with E-state index in [-0.39, 0.29) is 12.1 Å². The molecule has 0 unspecified atom stereocenters. The van der Waals surface area contributed by atoms with Crippen LogP contribution in [0.5, 0.6) is 5.75 Å². The molecule has 2 aromatic rings. The minimum atomic E-state index is -0.258. The largest absolute Gasteiger partial charge is 0.497 e. The Hall–Kier alpha value is -2.57. The number of nitrogens with one attached hydrogen (secondary N) is 2. The normalized spacial score (nSPS) is 16.9. The molecule has 3 rings (SSSR count). The molecule has 0 bridgehead atoms. The molecule has 0 spiro atoms. The van der Waals surface area contributed by atoms with Gasteiger partial charge < -0.3 is 24.8 Å². The second kappa shape index (κ2) is 8.50. The van der Waals surface area contributed by atoms with Crippen LogP contribution in [0.2, 0.25) is 0 Å². The lowest BCUT2D eigenvalue weighted by Gasteiger charge is -2.23. The van der Waals surface area contributed by atoms with Crippen molar-refractivity contribution in [1.29, 1.82) is 0 Å². The Morgan fingerprint density at radius 2 is 1.76 bits per heavy atom. The van der Waals surface area contributed by atoms with Crippen molar-refractivity contribution in [3.05, 3.63) is 48.5 Å². The molecule has 2 aromatic carbocycles. The summed E-state index contributed by atoms with van der Waals surface area (Å²) in [6, 6.07) is 15.3. The maximum absolute atomic E-state index is 11.9. The second-order valence-electron chi connectivity index (χ2n) is 5.71. The number of methoxy groups -OCH3 is 1. The van der Waals surface area contributed by atoms with Crippen LogP contribution in [-0.4, -0.2) is 45.6 Å². The van der Waals surface area contributed by atoms with E-state index in [4.69, 9.17) is 14.2 Å². The quantitative estimate of drug-likeness (QED) is 0.877. The molecule has 6 nitrogen and oxygen atoms in total. The van der Waals surface area contributed by atoms with Crippen LogP contribution in [0.1, 0.15) is 0 Å². The predicted octanol–water partition coefficient (Wildman–Crippen LogP) is 2.90. The minimum absolute atomic E-state index is 0.0862. The smallest absolute Gasteiger partial charge is 0.319 e. The zero-order valence-electron chi connectivity index (χ0n) is 14.2. The highest BCUT2D eigenvalue weighted by Gasteiger charge is 2.15. The van der Waals surface area contributed by atoms with Crippen molar-refractivity contribution in [3.8, 4) is 16.9 Å². The maximum atomic E-state index is 11.9. The first-order valence-corrected chi connectivity index (χ1v) is 8.23. The van der Waals surface area contributed by atoms with Gasteiger partial charge in [0.05, 0.1) is 33.0 Å². The fraction of sp³-hybridized carbons (Fsp3) is 0.316. The van der Waals surface area contributed by atoms with E-state index in [0.29, 0.717) is 26.4 Å². The molecule has 1 aliphatic heterocycles. The van der Waals surface area contributed by atoms with Gasteiger partial charge in [-0.2, -0.15) is 0 Å². The van der Waals surface area contributed by atoms with Gasteiger partial charge in [0.1, 0.15) is 5.75 Å². The van der Waals surface area contributed by atoms with E-state index in [1.807, 2.05) is 48.5 Å². The minimum Gasteiger partial charge on any atom is -0.497 e. The third-order valence-corrected chi connectivity index (χ3v) is 3.94. The molecule has 1 atom stereocenters. The Balaban J connectivity index is 1.51. The number of hydrogen-bond acceptors (Lipinski definition) is 4. The molecule has 0 saturated carbocycles. The van der Waals surface area contributed by atoms with Crippen LogP contribution in [0.3, 0.4) is 0 Å². The van der Waals surface area contributed by atoms with Crippen molar-refractivity contribution >= 4 is 11.7 Å². The summed E-state index contributed by atoms with van der Waals surface area (Å²) in [5.74, 6) is 0.825. The zero-order chi connectivity index (χ0) is 17.5. The molecule has 0 aliphatic carbocycles. The van der Waals surface area contributed by atoms with Crippen LogP contribution < -0.4 is 15.4 Å². The van der Waals surface area contributed by atoms with Gasteiger partial charge in [0, 0.05) is 12.2 Å². The van der Waals surface area contributed by atoms with Crippen molar-refractivity contribution in [2.75, 3.05) is 38.8 Å². The maximum Gasteiger partial charge on any atom is 0.319 e. The summed E-state index contributed by atoms with van der Waals surface area (Å²) in [4.78, 5) is 11.9. The molecule has 25 heavy (non-hydrogen) atoms. The highest BCUT2D eigenvalue weighted by atomic mass is 16.6. The molecule has 1 heterocycles. The SMILES string of the molecule is COc1ccc(-c2ccc(NC(=O)NC[C@@H]3COCCO3)cc2)cc1. The van der Waals surface area contributed by atoms with Gasteiger partial charge in [0.15, 0.2) is 0 Å². The van der Waals surface area contributed by atoms with E-state index in [9.17, 15) is 4.79 Å². The number of urea groups is 1. The van der Waals surface area contributed by atoms with E-state index in [0.717, 1.165) is 22.6 Å². The van der Waals surface area contributed by atoms with Crippen LogP contribution in [0.4, 0.5) is 10.5 Å². The number of amides is 2. The molecule has 6 heteroatoms. The van der Waals surface area contributed by atoms with Crippen LogP contribution in [-0.2, 0) is 9.47 Å². The highest BCUT2D eigenvalue weighted by Crippen LogP contribution is 2.23. The first-order valence-electron chi connectivity index (χ1n) is 8.23. The van der Waals surface area contributed by atoms with Gasteiger partial charge in [-0.3, -0.25) is 0 Å². The number of rotatable bonds is 5. The molecule has 2 N–H and O–H groups in total. The summed E-state index contributed by atoms with van der Waals surface area (Å²) in [6.07, 6.45) is -0.0862. The fourth-order valence-electron chi connectivity index (χ4n) is 2.57. The Bertz CT molecular complexity index is 680. The third kappa shape index (κ3) is 4.95. The van der Waals surface area contributed by atoms with Gasteiger partial charge in [0.25, 0.3) is 0 Å². The number of hydrogen-bond donors (Lipinski definition) is 2. The van der Waals surface area contributed by atoms with E-state index >= 15 is 0 Å². The average molecular weight is 342 g/mol. The first kappa shape index (κ1) is 17.3. The van der Waals surface area contributed by atoms with Gasteiger partial charge in [-0.05, 0) is 35.4 Å². The van der Waals surface area contributed by atoms with Gasteiger partial charge in [-0.1, -0.05) is 24.3 Å². The topological polar surface area (TPSA) is 68.8 Å². The molecule has 0 aromatic heterocycles. The summed E-state index contributed by atoms with van der Waals surface area (Å²) in [7, 11) is 1.65. The summed E-state index contributed by atoms with van der Waals surface area (Å²) < 4.78 is 15.9. The molecule has 2 amide bonds. The molecule has 0 radical (unpaired) electrons. The molecule has 1 saturated heterocycles. The van der Waals surface area contributed by atoms with Gasteiger partial charge in [-0.15, -0.1) is 0 Å². The molecular weight excluding hydrogens is 320 g/mol. The Labute approximate surface area is 147 Å². The second-order valence-corrected chi connectivity index (χ2v) is 5.71. The van der Waals surface area contributed by atoms with Gasteiger partial charge in [0.2, 0.25) is 0 Å². The van der Waals surface area contributed by atoms with E-state index in [1.54, 1.807) is 7.11 Å². The lowest BCUT2D eigenvalue weighted by atomic mass is 10.1. The highest BCUT2D eigenvalue weighted by molar-refractivity contribution is 5.89. The standard InChI is InChI=1S/C19H22N2O4/c1-23-17-8-4-15(5-9-17)14-2-6-16(7-3-14)21-19(22)20-12-18-13-24-10-11-25-18/h2-9,18H,10-13H2,1H3,(H2,20,21,22)/t18-/m1/s1. The summed E-state index contributed by atoms with van der Waals surface area (Å²) in [5.41, 5.74) is 2.89. The van der Waals surface area contributed by atoms with E-state index < -0.39 is 0 Å². The van der Waals surface area contributed by atoms with Crippen LogP contribution >= 0.6 is 0 Å². The number of carbonyl (C=O) groups excluding carboxylic acids is 1. The molecular formula is C19H22N2O4. The predicted molar refractivity (Wildman–Crippen MR) is 96.0 cm³/mol. The lowest BCUT2D eigenvalue weighted by molar-refractivity contribution is -0.0852. The summed E-state index contributed by atoms with van der Waals surface area (Å²) in [6.45, 7) is 2.12. The monoisotopic (exact) mass is 342 g/mol. The van der Waals surface area contributed by atoms with Crippen molar-refractivity contribution < 1.29 is 19.0 Å². The lowest BCUT2D eigenvalue weighted by Crippen LogP contribution is -2.41. The van der Waals surface area contributed by atoms with Gasteiger partial charge >= 0.3 is 6.03 Å². The van der Waals surface area contributed by atoms with Crippen LogP contribution in [0.15, 0.2) is 48.5 Å². The molecule has 1 fully saturated rings. The average Bonchev–Trinajstić information content (AvgIpc) is 2.68. The molecule has 1 aliphatic rings. The van der Waals surface area contributed by atoms with Crippen molar-refractivity contribution in [1.82, 2.24) is 5.32 Å². The van der Waals surface area contributed by atoms with Crippen LogP contribution in [0.25, 0.3) is 11.1 Å². The van der Waals surface area contributed by atoms with E-state index in [1.165, 1.54) is 0 Å². The van der Waals surface area contributed by atoms with Crippen molar-refractivity contribution in [3.63, 3.8) is 0 Å². The Kier molecular flexibility index (Phi) is 5.87. The Morgan fingerprint density at radius 3 is 2.36 bits per heavy atom. The number of benzene rings is 2. The summed E-state index contributed by atoms with van der Waals surface area (Å²) in [5, 5.41) is 5.60. The number of ether oxygens (including phenoxy) is 3. The first-order chi connectivity index (χ1) is 12.2. The third-order valence-electron chi connectivity index (χ3n) is 3.94. The van der Waals surface area contributed by atoms with Crippen LogP contribution in [0, 0.1) is 0 Å². The Morgan fingerprint density at radius 1 is 1.08 bits per heavy atom. The summed E-state index contributed by atoms with van der Waals surface area (Å²) >= 11 is 0. The van der Waals surface area contributed by atoms with E-state index in [2.05, 4.69) is 10.6 Å². The zero-order valence-corrected chi connectivity index (χ0v) is 14.2. The number of carbonyl (C=O) groups is 1.